The van der Waals surface area contributed by atoms with Crippen molar-refractivity contribution in [3.8, 4) is 6.07 Å². The van der Waals surface area contributed by atoms with E-state index in [-0.39, 0.29) is 23.9 Å². The van der Waals surface area contributed by atoms with Crippen LogP contribution in [-0.4, -0.2) is 23.9 Å². The molecule has 5 nitrogen and oxygen atoms in total. The third kappa shape index (κ3) is 3.43. The molecule has 1 aliphatic carbocycles. The number of fused-ring (bicyclic) bond motifs is 1. The van der Waals surface area contributed by atoms with Crippen LogP contribution in [0, 0.1) is 23.2 Å². The Labute approximate surface area is 142 Å². The third-order valence-electron chi connectivity index (χ3n) is 5.44. The minimum atomic E-state index is -0.114. The van der Waals surface area contributed by atoms with Gasteiger partial charge in [-0.3, -0.25) is 9.59 Å². The lowest BCUT2D eigenvalue weighted by molar-refractivity contribution is -0.127. The van der Waals surface area contributed by atoms with Crippen LogP contribution in [0.4, 0.5) is 0 Å². The molecule has 2 N–H and O–H groups in total. The Morgan fingerprint density at radius 2 is 2.08 bits per heavy atom. The number of nitrogens with one attached hydrogen (secondary N) is 2. The van der Waals surface area contributed by atoms with Crippen molar-refractivity contribution in [1.82, 2.24) is 10.6 Å². The van der Waals surface area contributed by atoms with Crippen molar-refractivity contribution in [1.29, 1.82) is 5.26 Å². The van der Waals surface area contributed by atoms with Gasteiger partial charge in [0, 0.05) is 24.1 Å². The molecule has 5 heteroatoms. The molecule has 4 atom stereocenters. The number of carbonyl (C=O) groups is 2. The maximum atomic E-state index is 12.4. The van der Waals surface area contributed by atoms with Gasteiger partial charge in [-0.2, -0.15) is 5.26 Å². The largest absolute Gasteiger partial charge is 0.353 e. The van der Waals surface area contributed by atoms with Crippen molar-refractivity contribution in [2.24, 2.45) is 11.8 Å². The highest BCUT2D eigenvalue weighted by atomic mass is 16.2. The number of amides is 2. The van der Waals surface area contributed by atoms with E-state index in [0.717, 1.165) is 25.7 Å². The van der Waals surface area contributed by atoms with Crippen molar-refractivity contribution in [3.05, 3.63) is 35.4 Å². The summed E-state index contributed by atoms with van der Waals surface area (Å²) in [6, 6.07) is 8.97. The van der Waals surface area contributed by atoms with Gasteiger partial charge < -0.3 is 10.6 Å². The van der Waals surface area contributed by atoms with Gasteiger partial charge in [-0.25, -0.2) is 0 Å². The third-order valence-corrected chi connectivity index (χ3v) is 5.44. The fourth-order valence-corrected chi connectivity index (χ4v) is 4.12. The molecule has 1 heterocycles. The summed E-state index contributed by atoms with van der Waals surface area (Å²) in [5, 5.41) is 15.0. The molecular formula is C19H23N3O2. The molecule has 1 aliphatic heterocycles. The van der Waals surface area contributed by atoms with Crippen LogP contribution in [0.25, 0.3) is 0 Å². The first kappa shape index (κ1) is 16.5. The molecule has 4 unspecified atom stereocenters. The van der Waals surface area contributed by atoms with Gasteiger partial charge in [0.05, 0.1) is 11.6 Å². The summed E-state index contributed by atoms with van der Waals surface area (Å²) in [7, 11) is 0. The Balaban J connectivity index is 1.61. The predicted octanol–water partition coefficient (Wildman–Crippen LogP) is 2.37. The number of hydrogen-bond donors (Lipinski definition) is 2. The summed E-state index contributed by atoms with van der Waals surface area (Å²) in [6.45, 7) is 2.15. The molecule has 1 aromatic rings. The zero-order chi connectivity index (χ0) is 17.1. The molecule has 0 bridgehead atoms. The zero-order valence-electron chi connectivity index (χ0n) is 13.9. The van der Waals surface area contributed by atoms with Crippen LogP contribution in [0.1, 0.15) is 54.9 Å². The van der Waals surface area contributed by atoms with E-state index in [0.29, 0.717) is 29.4 Å². The van der Waals surface area contributed by atoms with Crippen LogP contribution in [0.15, 0.2) is 24.3 Å². The lowest BCUT2D eigenvalue weighted by atomic mass is 9.70. The Morgan fingerprint density at radius 3 is 2.75 bits per heavy atom. The van der Waals surface area contributed by atoms with Crippen molar-refractivity contribution < 1.29 is 9.59 Å². The SMILES string of the molecule is CCC1CC(=O)NC2CC(NC(=O)c3ccc(C#N)cc3)CCC12. The van der Waals surface area contributed by atoms with Crippen LogP contribution >= 0.6 is 0 Å². The highest BCUT2D eigenvalue weighted by Gasteiger charge is 2.40. The summed E-state index contributed by atoms with van der Waals surface area (Å²) >= 11 is 0. The Hall–Kier alpha value is -2.35. The molecule has 0 aromatic heterocycles. The maximum Gasteiger partial charge on any atom is 0.251 e. The smallest absolute Gasteiger partial charge is 0.251 e. The molecule has 1 saturated carbocycles. The van der Waals surface area contributed by atoms with Crippen molar-refractivity contribution >= 4 is 11.8 Å². The number of benzene rings is 1. The number of carbonyl (C=O) groups excluding carboxylic acids is 2. The van der Waals surface area contributed by atoms with Gasteiger partial charge in [0.2, 0.25) is 5.91 Å². The van der Waals surface area contributed by atoms with E-state index >= 15 is 0 Å². The van der Waals surface area contributed by atoms with Gasteiger partial charge in [-0.05, 0) is 55.4 Å². The molecule has 2 fully saturated rings. The molecule has 3 rings (SSSR count). The molecule has 0 spiro atoms. The molecule has 24 heavy (non-hydrogen) atoms. The van der Waals surface area contributed by atoms with Gasteiger partial charge in [0.15, 0.2) is 0 Å². The first-order chi connectivity index (χ1) is 11.6. The minimum Gasteiger partial charge on any atom is -0.353 e. The quantitative estimate of drug-likeness (QED) is 0.895. The summed E-state index contributed by atoms with van der Waals surface area (Å²) in [6.07, 6.45) is 4.48. The lowest BCUT2D eigenvalue weighted by Gasteiger charge is -2.44. The molecule has 2 aliphatic rings. The van der Waals surface area contributed by atoms with E-state index in [4.69, 9.17) is 5.26 Å². The molecular weight excluding hydrogens is 302 g/mol. The second-order valence-electron chi connectivity index (χ2n) is 6.88. The van der Waals surface area contributed by atoms with Gasteiger partial charge >= 0.3 is 0 Å². The van der Waals surface area contributed by atoms with Gasteiger partial charge in [0.25, 0.3) is 5.91 Å². The number of hydrogen-bond acceptors (Lipinski definition) is 3. The predicted molar refractivity (Wildman–Crippen MR) is 90.1 cm³/mol. The van der Waals surface area contributed by atoms with Crippen molar-refractivity contribution in [2.45, 2.75) is 51.1 Å². The average Bonchev–Trinajstić information content (AvgIpc) is 2.60. The highest BCUT2D eigenvalue weighted by Crippen LogP contribution is 2.36. The van der Waals surface area contributed by atoms with Gasteiger partial charge in [-0.1, -0.05) is 13.3 Å². The second-order valence-corrected chi connectivity index (χ2v) is 6.88. The average molecular weight is 325 g/mol. The lowest BCUT2D eigenvalue weighted by Crippen LogP contribution is -2.55. The number of nitriles is 1. The Kier molecular flexibility index (Phi) is 4.84. The van der Waals surface area contributed by atoms with Crippen LogP contribution in [0.5, 0.6) is 0 Å². The summed E-state index contributed by atoms with van der Waals surface area (Å²) in [5.74, 6) is 1.04. The zero-order valence-corrected chi connectivity index (χ0v) is 13.9. The van der Waals surface area contributed by atoms with Crippen LogP contribution in [0.3, 0.4) is 0 Å². The van der Waals surface area contributed by atoms with Crippen LogP contribution in [0.2, 0.25) is 0 Å². The van der Waals surface area contributed by atoms with E-state index in [1.165, 1.54) is 0 Å². The number of rotatable bonds is 3. The maximum absolute atomic E-state index is 12.4. The molecule has 0 radical (unpaired) electrons. The topological polar surface area (TPSA) is 82.0 Å². The second kappa shape index (κ2) is 7.04. The molecule has 126 valence electrons. The normalized spacial score (nSPS) is 29.1. The van der Waals surface area contributed by atoms with Crippen molar-refractivity contribution in [2.75, 3.05) is 0 Å². The summed E-state index contributed by atoms with van der Waals surface area (Å²) < 4.78 is 0. The van der Waals surface area contributed by atoms with E-state index in [2.05, 4.69) is 17.6 Å². The first-order valence-electron chi connectivity index (χ1n) is 8.71. The highest BCUT2D eigenvalue weighted by molar-refractivity contribution is 5.94. The van der Waals surface area contributed by atoms with E-state index in [9.17, 15) is 9.59 Å². The minimum absolute atomic E-state index is 0.0882. The monoisotopic (exact) mass is 325 g/mol. The van der Waals surface area contributed by atoms with Crippen LogP contribution in [-0.2, 0) is 4.79 Å². The van der Waals surface area contributed by atoms with Crippen molar-refractivity contribution in [3.63, 3.8) is 0 Å². The number of piperidine rings is 1. The standard InChI is InChI=1S/C19H23N3O2/c1-2-13-9-18(23)22-17-10-15(7-8-16(13)17)21-19(24)14-5-3-12(11-20)4-6-14/h3-6,13,15-17H,2,7-10H2,1H3,(H,21,24)(H,22,23). The summed E-state index contributed by atoms with van der Waals surface area (Å²) in [5.41, 5.74) is 1.11. The van der Waals surface area contributed by atoms with Gasteiger partial charge in [0.1, 0.15) is 0 Å². The van der Waals surface area contributed by atoms with E-state index in [1.54, 1.807) is 24.3 Å². The van der Waals surface area contributed by atoms with Crippen LogP contribution < -0.4 is 10.6 Å². The van der Waals surface area contributed by atoms with E-state index < -0.39 is 0 Å². The fourth-order valence-electron chi connectivity index (χ4n) is 4.12. The Bertz CT molecular complexity index is 662. The van der Waals surface area contributed by atoms with E-state index in [1.807, 2.05) is 6.07 Å². The Morgan fingerprint density at radius 1 is 1.33 bits per heavy atom. The number of nitrogens with zero attached hydrogens (tertiary/aromatic N) is 1. The molecule has 1 aromatic carbocycles. The molecule has 1 saturated heterocycles. The fraction of sp³-hybridized carbons (Fsp3) is 0.526. The molecule has 2 amide bonds. The van der Waals surface area contributed by atoms with Gasteiger partial charge in [-0.15, -0.1) is 0 Å². The first-order valence-corrected chi connectivity index (χ1v) is 8.71. The summed E-state index contributed by atoms with van der Waals surface area (Å²) in [4.78, 5) is 24.2.